The summed E-state index contributed by atoms with van der Waals surface area (Å²) in [7, 11) is 0. The number of rotatable bonds is 2. The van der Waals surface area contributed by atoms with Crippen molar-refractivity contribution in [1.29, 1.82) is 0 Å². The lowest BCUT2D eigenvalue weighted by Crippen LogP contribution is -2.19. The summed E-state index contributed by atoms with van der Waals surface area (Å²) in [5, 5.41) is 0. The molecule has 1 atom stereocenters. The summed E-state index contributed by atoms with van der Waals surface area (Å²) in [5.41, 5.74) is 8.39. The topological polar surface area (TPSA) is 35.2 Å². The van der Waals surface area contributed by atoms with Gasteiger partial charge in [0, 0.05) is 17.0 Å². The quantitative estimate of drug-likeness (QED) is 0.915. The molecule has 0 saturated carbocycles. The van der Waals surface area contributed by atoms with Gasteiger partial charge in [-0.25, -0.2) is 8.78 Å². The van der Waals surface area contributed by atoms with Crippen molar-refractivity contribution in [3.63, 3.8) is 0 Å². The molecule has 4 heteroatoms. The van der Waals surface area contributed by atoms with Gasteiger partial charge in [-0.05, 0) is 35.4 Å². The SMILES string of the molecule is CC1(C)COc2ccc(C(N)c3cc(F)cc(F)c3)cc21. The zero-order chi connectivity index (χ0) is 15.2. The highest BCUT2D eigenvalue weighted by Crippen LogP contribution is 2.40. The van der Waals surface area contributed by atoms with E-state index in [0.29, 0.717) is 12.2 Å². The standard InChI is InChI=1S/C17H17F2NO/c1-17(2)9-21-15-4-3-10(7-14(15)17)16(20)11-5-12(18)8-13(19)6-11/h3-8,16H,9,20H2,1-2H3. The molecule has 0 radical (unpaired) electrons. The van der Waals surface area contributed by atoms with Crippen LogP contribution >= 0.6 is 0 Å². The van der Waals surface area contributed by atoms with Gasteiger partial charge in [0.15, 0.2) is 0 Å². The molecule has 2 nitrogen and oxygen atoms in total. The van der Waals surface area contributed by atoms with Crippen molar-refractivity contribution in [2.24, 2.45) is 5.73 Å². The van der Waals surface area contributed by atoms with E-state index >= 15 is 0 Å². The fourth-order valence-electron chi connectivity index (χ4n) is 2.68. The normalized spacial score (nSPS) is 17.2. The Morgan fingerprint density at radius 2 is 1.71 bits per heavy atom. The van der Waals surface area contributed by atoms with Crippen LogP contribution in [0.3, 0.4) is 0 Å². The highest BCUT2D eigenvalue weighted by atomic mass is 19.1. The van der Waals surface area contributed by atoms with Crippen molar-refractivity contribution in [2.75, 3.05) is 6.61 Å². The Morgan fingerprint density at radius 1 is 1.05 bits per heavy atom. The minimum absolute atomic E-state index is 0.0851. The van der Waals surface area contributed by atoms with E-state index in [1.807, 2.05) is 18.2 Å². The average molecular weight is 289 g/mol. The van der Waals surface area contributed by atoms with Crippen LogP contribution in [0.1, 0.15) is 36.6 Å². The number of halogens is 2. The van der Waals surface area contributed by atoms with Gasteiger partial charge in [-0.2, -0.15) is 0 Å². The first-order valence-electron chi connectivity index (χ1n) is 6.86. The molecular formula is C17H17F2NO. The highest BCUT2D eigenvalue weighted by molar-refractivity contribution is 5.47. The number of ether oxygens (including phenoxy) is 1. The smallest absolute Gasteiger partial charge is 0.126 e. The molecule has 0 amide bonds. The van der Waals surface area contributed by atoms with Crippen LogP contribution in [0.2, 0.25) is 0 Å². The van der Waals surface area contributed by atoms with E-state index < -0.39 is 17.7 Å². The first-order valence-corrected chi connectivity index (χ1v) is 6.86. The molecule has 1 unspecified atom stereocenters. The molecular weight excluding hydrogens is 272 g/mol. The van der Waals surface area contributed by atoms with Crippen molar-refractivity contribution in [3.05, 3.63) is 64.7 Å². The summed E-state index contributed by atoms with van der Waals surface area (Å²) in [6.07, 6.45) is 0. The molecule has 21 heavy (non-hydrogen) atoms. The second-order valence-electron chi connectivity index (χ2n) is 6.11. The van der Waals surface area contributed by atoms with Gasteiger partial charge in [-0.3, -0.25) is 0 Å². The molecule has 0 spiro atoms. The minimum Gasteiger partial charge on any atom is -0.492 e. The second kappa shape index (κ2) is 4.81. The summed E-state index contributed by atoms with van der Waals surface area (Å²) < 4.78 is 32.3. The molecule has 0 aromatic heterocycles. The van der Waals surface area contributed by atoms with Crippen LogP contribution in [-0.2, 0) is 5.41 Å². The van der Waals surface area contributed by atoms with Crippen molar-refractivity contribution in [2.45, 2.75) is 25.3 Å². The lowest BCUT2D eigenvalue weighted by Gasteiger charge is -2.18. The Bertz CT molecular complexity index is 677. The Morgan fingerprint density at radius 3 is 2.38 bits per heavy atom. The largest absolute Gasteiger partial charge is 0.492 e. The second-order valence-corrected chi connectivity index (χ2v) is 6.11. The molecule has 2 N–H and O–H groups in total. The van der Waals surface area contributed by atoms with E-state index in [9.17, 15) is 8.78 Å². The Balaban J connectivity index is 2.01. The highest BCUT2D eigenvalue weighted by Gasteiger charge is 2.32. The molecule has 0 bridgehead atoms. The van der Waals surface area contributed by atoms with E-state index in [-0.39, 0.29) is 5.41 Å². The maximum atomic E-state index is 13.3. The van der Waals surface area contributed by atoms with Crippen molar-refractivity contribution in [3.8, 4) is 5.75 Å². The number of benzene rings is 2. The number of hydrogen-bond donors (Lipinski definition) is 1. The van der Waals surface area contributed by atoms with E-state index in [1.54, 1.807) is 0 Å². The zero-order valence-corrected chi connectivity index (χ0v) is 12.0. The maximum absolute atomic E-state index is 13.3. The summed E-state index contributed by atoms with van der Waals surface area (Å²) >= 11 is 0. The van der Waals surface area contributed by atoms with Gasteiger partial charge < -0.3 is 10.5 Å². The third-order valence-corrected chi connectivity index (χ3v) is 3.92. The molecule has 3 rings (SSSR count). The van der Waals surface area contributed by atoms with Gasteiger partial charge in [0.05, 0.1) is 12.6 Å². The van der Waals surface area contributed by atoms with Crippen LogP contribution in [0.4, 0.5) is 8.78 Å². The molecule has 1 heterocycles. The molecule has 110 valence electrons. The average Bonchev–Trinajstić information content (AvgIpc) is 2.72. The minimum atomic E-state index is -0.620. The van der Waals surface area contributed by atoms with Crippen LogP contribution < -0.4 is 10.5 Å². The van der Waals surface area contributed by atoms with Crippen LogP contribution in [0, 0.1) is 11.6 Å². The third kappa shape index (κ3) is 2.51. The number of fused-ring (bicyclic) bond motifs is 1. The van der Waals surface area contributed by atoms with Crippen molar-refractivity contribution < 1.29 is 13.5 Å². The zero-order valence-electron chi connectivity index (χ0n) is 12.0. The van der Waals surface area contributed by atoms with E-state index in [4.69, 9.17) is 10.5 Å². The van der Waals surface area contributed by atoms with Gasteiger partial charge in [0.25, 0.3) is 0 Å². The Hall–Kier alpha value is -1.94. The molecule has 1 aliphatic heterocycles. The predicted molar refractivity (Wildman–Crippen MR) is 77.4 cm³/mol. The third-order valence-electron chi connectivity index (χ3n) is 3.92. The summed E-state index contributed by atoms with van der Waals surface area (Å²) in [5.74, 6) is -0.392. The van der Waals surface area contributed by atoms with Crippen LogP contribution in [0.5, 0.6) is 5.75 Å². The monoisotopic (exact) mass is 289 g/mol. The number of hydrogen-bond acceptors (Lipinski definition) is 2. The van der Waals surface area contributed by atoms with Gasteiger partial charge in [0.2, 0.25) is 0 Å². The van der Waals surface area contributed by atoms with Gasteiger partial charge in [-0.15, -0.1) is 0 Å². The first-order chi connectivity index (χ1) is 9.87. The molecule has 0 fully saturated rings. The lowest BCUT2D eigenvalue weighted by atomic mass is 9.85. The Labute approximate surface area is 122 Å². The molecule has 2 aromatic carbocycles. The number of nitrogens with two attached hydrogens (primary N) is 1. The fourth-order valence-corrected chi connectivity index (χ4v) is 2.68. The van der Waals surface area contributed by atoms with Crippen LogP contribution in [0.25, 0.3) is 0 Å². The summed E-state index contributed by atoms with van der Waals surface area (Å²) in [6.45, 7) is 4.81. The van der Waals surface area contributed by atoms with E-state index in [0.717, 1.165) is 22.9 Å². The van der Waals surface area contributed by atoms with Gasteiger partial charge in [-0.1, -0.05) is 19.9 Å². The predicted octanol–water partition coefficient (Wildman–Crippen LogP) is 3.68. The van der Waals surface area contributed by atoms with Gasteiger partial charge >= 0.3 is 0 Å². The van der Waals surface area contributed by atoms with Crippen LogP contribution in [-0.4, -0.2) is 6.61 Å². The molecule has 0 aliphatic carbocycles. The van der Waals surface area contributed by atoms with Crippen molar-refractivity contribution in [1.82, 2.24) is 0 Å². The maximum Gasteiger partial charge on any atom is 0.126 e. The van der Waals surface area contributed by atoms with Crippen molar-refractivity contribution >= 4 is 0 Å². The summed E-state index contributed by atoms with van der Waals surface area (Å²) in [6, 6.07) is 8.48. The molecule has 1 aliphatic rings. The Kier molecular flexibility index (Phi) is 3.21. The van der Waals surface area contributed by atoms with E-state index in [2.05, 4.69) is 13.8 Å². The summed E-state index contributed by atoms with van der Waals surface area (Å²) in [4.78, 5) is 0. The fraction of sp³-hybridized carbons (Fsp3) is 0.294. The lowest BCUT2D eigenvalue weighted by molar-refractivity contribution is 0.291. The molecule has 2 aromatic rings. The first kappa shape index (κ1) is 14.0. The van der Waals surface area contributed by atoms with Crippen LogP contribution in [0.15, 0.2) is 36.4 Å². The molecule has 0 saturated heterocycles. The van der Waals surface area contributed by atoms with E-state index in [1.165, 1.54) is 12.1 Å². The van der Waals surface area contributed by atoms with Gasteiger partial charge in [0.1, 0.15) is 17.4 Å².